The first-order valence-electron chi connectivity index (χ1n) is 6.29. The maximum atomic E-state index is 8.96. The molecule has 0 unspecified atom stereocenters. The molecular weight excluding hydrogens is 317 g/mol. The molecule has 0 rings (SSSR count). The van der Waals surface area contributed by atoms with Crippen LogP contribution >= 0.6 is 7.26 Å². The third-order valence-corrected chi connectivity index (χ3v) is 8.04. The van der Waals surface area contributed by atoms with Crippen molar-refractivity contribution in [1.29, 1.82) is 5.26 Å². The lowest BCUT2D eigenvalue weighted by molar-refractivity contribution is -0.00000717. The van der Waals surface area contributed by atoms with E-state index in [1.807, 2.05) is 0 Å². The van der Waals surface area contributed by atoms with E-state index >= 15 is 0 Å². The summed E-state index contributed by atoms with van der Waals surface area (Å²) in [6.07, 6.45) is 6.71. The van der Waals surface area contributed by atoms with E-state index in [1.165, 1.54) is 0 Å². The van der Waals surface area contributed by atoms with Gasteiger partial charge in [0.15, 0.2) is 0 Å². The van der Waals surface area contributed by atoms with Gasteiger partial charge in [-0.05, 0) is 0 Å². The number of nitrogens with zero attached hydrogens (tertiary/aromatic N) is 1. The van der Waals surface area contributed by atoms with Crippen LogP contribution in [-0.4, -0.2) is 59.8 Å². The van der Waals surface area contributed by atoms with Crippen molar-refractivity contribution >= 4 is 7.26 Å². The lowest BCUT2D eigenvalue weighted by atomic mass is 10.5. The van der Waals surface area contributed by atoms with Gasteiger partial charge in [0, 0.05) is 46.3 Å². The summed E-state index contributed by atoms with van der Waals surface area (Å²) in [6.45, 7) is 0.561. The quantitative estimate of drug-likeness (QED) is 0.382. The van der Waals surface area contributed by atoms with Crippen molar-refractivity contribution in [1.82, 2.24) is 0 Å². The van der Waals surface area contributed by atoms with Crippen LogP contribution in [0.3, 0.4) is 0 Å². The van der Waals surface area contributed by atoms with Gasteiger partial charge in [-0.25, -0.2) is 0 Å². The summed E-state index contributed by atoms with van der Waals surface area (Å²) in [7, 11) is -1.26. The fourth-order valence-corrected chi connectivity index (χ4v) is 6.53. The van der Waals surface area contributed by atoms with Gasteiger partial charge in [0.1, 0.15) is 0 Å². The molecule has 3 N–H and O–H groups in total. The van der Waals surface area contributed by atoms with Crippen LogP contribution in [0.2, 0.25) is 0 Å². The third kappa shape index (κ3) is 9.24. The van der Waals surface area contributed by atoms with E-state index in [9.17, 15) is 0 Å². The molecule has 18 heavy (non-hydrogen) atoms. The highest BCUT2D eigenvalue weighted by molar-refractivity contribution is 7.75. The second-order valence-electron chi connectivity index (χ2n) is 4.38. The highest BCUT2D eigenvalue weighted by Gasteiger charge is 2.35. The molecule has 6 heteroatoms. The summed E-state index contributed by atoms with van der Waals surface area (Å²) < 4.78 is 0. The normalized spacial score (nSPS) is 10.8. The topological polar surface area (TPSA) is 84.5 Å². The fraction of sp³-hybridized carbons (Fsp3) is 0.917. The Morgan fingerprint density at radius 3 is 1.44 bits per heavy atom. The number of nitriles is 1. The Kier molecular flexibility index (Phi) is 15.7. The van der Waals surface area contributed by atoms with E-state index in [0.29, 0.717) is 6.42 Å². The van der Waals surface area contributed by atoms with Crippen LogP contribution in [0.1, 0.15) is 25.7 Å². The van der Waals surface area contributed by atoms with Gasteiger partial charge in [0.2, 0.25) is 0 Å². The average molecular weight is 342 g/mol. The minimum absolute atomic E-state index is 0. The molecule has 0 aliphatic heterocycles. The molecule has 0 saturated carbocycles. The van der Waals surface area contributed by atoms with Gasteiger partial charge in [0.05, 0.1) is 37.1 Å². The first-order chi connectivity index (χ1) is 8.24. The predicted molar refractivity (Wildman–Crippen MR) is 71.7 cm³/mol. The van der Waals surface area contributed by atoms with Crippen molar-refractivity contribution in [3.63, 3.8) is 0 Å². The molecule has 0 radical (unpaired) electrons. The molecule has 0 bridgehead atoms. The molecular formula is C12H25BrNO3P. The summed E-state index contributed by atoms with van der Waals surface area (Å²) in [5.74, 6) is 0. The molecule has 0 saturated heterocycles. The van der Waals surface area contributed by atoms with Crippen molar-refractivity contribution < 1.29 is 32.3 Å². The van der Waals surface area contributed by atoms with Crippen LogP contribution < -0.4 is 17.0 Å². The number of rotatable bonds is 11. The zero-order chi connectivity index (χ0) is 13.0. The molecule has 0 atom stereocenters. The van der Waals surface area contributed by atoms with Gasteiger partial charge in [-0.15, -0.1) is 0 Å². The second-order valence-corrected chi connectivity index (χ2v) is 8.85. The number of hydrogen-bond donors (Lipinski definition) is 3. The molecule has 0 aromatic heterocycles. The van der Waals surface area contributed by atoms with Crippen LogP contribution in [0.25, 0.3) is 0 Å². The Morgan fingerprint density at radius 2 is 1.17 bits per heavy atom. The summed E-state index contributed by atoms with van der Waals surface area (Å²) in [4.78, 5) is 0. The summed E-state index contributed by atoms with van der Waals surface area (Å²) in [6, 6.07) is 2.19. The van der Waals surface area contributed by atoms with Crippen LogP contribution in [0, 0.1) is 11.3 Å². The summed E-state index contributed by atoms with van der Waals surface area (Å²) in [5, 5.41) is 35.6. The first-order valence-corrected chi connectivity index (χ1v) is 8.82. The molecule has 0 aliphatic carbocycles. The van der Waals surface area contributed by atoms with Crippen LogP contribution in [0.4, 0.5) is 0 Å². The zero-order valence-corrected chi connectivity index (χ0v) is 13.4. The summed E-state index contributed by atoms with van der Waals surface area (Å²) >= 11 is 0. The van der Waals surface area contributed by atoms with E-state index < -0.39 is 7.26 Å². The number of aliphatic hydroxyl groups is 3. The van der Waals surface area contributed by atoms with Crippen LogP contribution in [0.15, 0.2) is 0 Å². The number of aliphatic hydroxyl groups excluding tert-OH is 3. The first kappa shape index (κ1) is 20.6. The van der Waals surface area contributed by atoms with Gasteiger partial charge in [-0.1, -0.05) is 0 Å². The van der Waals surface area contributed by atoms with Crippen molar-refractivity contribution in [2.24, 2.45) is 0 Å². The molecule has 0 aliphatic rings. The van der Waals surface area contributed by atoms with Crippen molar-refractivity contribution in [2.45, 2.75) is 25.7 Å². The van der Waals surface area contributed by atoms with Gasteiger partial charge >= 0.3 is 0 Å². The van der Waals surface area contributed by atoms with Crippen molar-refractivity contribution in [3.8, 4) is 6.07 Å². The van der Waals surface area contributed by atoms with E-state index in [2.05, 4.69) is 6.07 Å². The van der Waals surface area contributed by atoms with E-state index in [4.69, 9.17) is 20.6 Å². The molecule has 0 aromatic rings. The molecule has 0 spiro atoms. The van der Waals surface area contributed by atoms with Gasteiger partial charge < -0.3 is 32.3 Å². The monoisotopic (exact) mass is 341 g/mol. The Hall–Kier alpha value is 0.280. The second kappa shape index (κ2) is 13.7. The van der Waals surface area contributed by atoms with Gasteiger partial charge in [0.25, 0.3) is 0 Å². The summed E-state index contributed by atoms with van der Waals surface area (Å²) in [5.41, 5.74) is 0. The van der Waals surface area contributed by atoms with Gasteiger partial charge in [-0.2, -0.15) is 5.26 Å². The van der Waals surface area contributed by atoms with Crippen molar-refractivity contribution in [3.05, 3.63) is 0 Å². The largest absolute Gasteiger partial charge is 1.00 e. The molecule has 4 nitrogen and oxygen atoms in total. The molecule has 0 amide bonds. The van der Waals surface area contributed by atoms with E-state index in [-0.39, 0.29) is 36.8 Å². The Morgan fingerprint density at radius 1 is 0.778 bits per heavy atom. The van der Waals surface area contributed by atoms with E-state index in [1.54, 1.807) is 0 Å². The number of hydrogen-bond acceptors (Lipinski definition) is 4. The Labute approximate surface area is 121 Å². The average Bonchev–Trinajstić information content (AvgIpc) is 2.37. The number of halogens is 1. The van der Waals surface area contributed by atoms with Crippen LogP contribution in [-0.2, 0) is 0 Å². The molecule has 108 valence electrons. The molecule has 0 heterocycles. The smallest absolute Gasteiger partial charge is 0.0724 e. The maximum absolute atomic E-state index is 8.96. The minimum Gasteiger partial charge on any atom is -1.00 e. The fourth-order valence-electron chi connectivity index (χ4n) is 2.18. The van der Waals surface area contributed by atoms with E-state index in [0.717, 1.165) is 43.9 Å². The lowest BCUT2D eigenvalue weighted by Gasteiger charge is -2.26. The molecule has 0 aromatic carbocycles. The highest BCUT2D eigenvalue weighted by Crippen LogP contribution is 2.60. The Bertz CT molecular complexity index is 202. The molecule has 0 fully saturated rings. The SMILES string of the molecule is N#CCC[P+](CCCO)(CCCO)CCCO.[Br-]. The third-order valence-electron chi connectivity index (χ3n) is 3.07. The van der Waals surface area contributed by atoms with Crippen LogP contribution in [0.5, 0.6) is 0 Å². The van der Waals surface area contributed by atoms with Crippen molar-refractivity contribution in [2.75, 3.05) is 44.5 Å². The highest BCUT2D eigenvalue weighted by atomic mass is 79.9. The lowest BCUT2D eigenvalue weighted by Crippen LogP contribution is -3.00. The Balaban J connectivity index is 0. The standard InChI is InChI=1S/C12H25NO3P.BrH/c13-5-1-9-17(10-2-6-14,11-3-7-15)12-4-8-16;/h14-16H,1-4,6-12H2;1H/q+1;/p-1. The maximum Gasteiger partial charge on any atom is 0.0724 e. The predicted octanol–water partition coefficient (Wildman–Crippen LogP) is -1.93. The minimum atomic E-state index is -1.26. The van der Waals surface area contributed by atoms with Gasteiger partial charge in [-0.3, -0.25) is 0 Å². The zero-order valence-electron chi connectivity index (χ0n) is 10.9.